The lowest BCUT2D eigenvalue weighted by Gasteiger charge is -2.18. The average molecular weight is 445 g/mol. The molecule has 0 spiro atoms. The second-order valence-electron chi connectivity index (χ2n) is 7.65. The largest absolute Gasteiger partial charge is 0.483 e. The van der Waals surface area contributed by atoms with Crippen LogP contribution in [0.2, 0.25) is 0 Å². The summed E-state index contributed by atoms with van der Waals surface area (Å²) in [7, 11) is -3.55. The van der Waals surface area contributed by atoms with E-state index in [0.717, 1.165) is 11.1 Å². The molecule has 0 saturated carbocycles. The van der Waals surface area contributed by atoms with Crippen LogP contribution in [0.3, 0.4) is 0 Å². The molecule has 2 aromatic carbocycles. The van der Waals surface area contributed by atoms with E-state index in [1.54, 1.807) is 32.0 Å². The van der Waals surface area contributed by atoms with Crippen LogP contribution in [0.1, 0.15) is 54.6 Å². The number of rotatable bonds is 8. The molecular formula is C23H28N2O5S. The van der Waals surface area contributed by atoms with E-state index < -0.39 is 15.9 Å². The van der Waals surface area contributed by atoms with Crippen LogP contribution in [-0.4, -0.2) is 44.1 Å². The lowest BCUT2D eigenvalue weighted by molar-refractivity contribution is -0.118. The van der Waals surface area contributed by atoms with Crippen molar-refractivity contribution >= 4 is 27.4 Å². The molecule has 0 radical (unpaired) electrons. The first-order chi connectivity index (χ1) is 14.7. The van der Waals surface area contributed by atoms with Gasteiger partial charge >= 0.3 is 0 Å². The molecule has 0 fully saturated rings. The normalized spacial score (nSPS) is 15.8. The van der Waals surface area contributed by atoms with Gasteiger partial charge in [0.15, 0.2) is 12.4 Å². The standard InChI is InChI=1S/C23H28N2O5S/c1-5-25(6-2)31(28,29)18-10-8-17(9-11-18)24-21(27)14-30-20-12-7-15(3)22-16(4)13-19(26)23(20)22/h7-12,16H,5-6,13-14H2,1-4H3,(H,24,27). The highest BCUT2D eigenvalue weighted by Crippen LogP contribution is 2.40. The number of fused-ring (bicyclic) bond motifs is 1. The van der Waals surface area contributed by atoms with E-state index in [0.29, 0.717) is 36.5 Å². The van der Waals surface area contributed by atoms with Crippen molar-refractivity contribution in [3.63, 3.8) is 0 Å². The van der Waals surface area contributed by atoms with Gasteiger partial charge in [0.25, 0.3) is 5.91 Å². The van der Waals surface area contributed by atoms with Crippen LogP contribution in [0.15, 0.2) is 41.3 Å². The molecule has 1 amide bonds. The van der Waals surface area contributed by atoms with Gasteiger partial charge < -0.3 is 10.1 Å². The van der Waals surface area contributed by atoms with E-state index in [1.807, 2.05) is 19.9 Å². The van der Waals surface area contributed by atoms with Crippen LogP contribution >= 0.6 is 0 Å². The fourth-order valence-electron chi connectivity index (χ4n) is 3.99. The van der Waals surface area contributed by atoms with Crippen molar-refractivity contribution in [3.8, 4) is 5.75 Å². The molecule has 8 heteroatoms. The number of anilines is 1. The molecule has 1 aliphatic rings. The van der Waals surface area contributed by atoms with E-state index in [2.05, 4.69) is 5.32 Å². The Morgan fingerprint density at radius 1 is 1.13 bits per heavy atom. The van der Waals surface area contributed by atoms with Gasteiger partial charge in [0.2, 0.25) is 10.0 Å². The Balaban J connectivity index is 1.66. The summed E-state index contributed by atoms with van der Waals surface area (Å²) in [5.41, 5.74) is 3.08. The Morgan fingerprint density at radius 2 is 1.77 bits per heavy atom. The zero-order chi connectivity index (χ0) is 22.8. The first kappa shape index (κ1) is 23.0. The monoisotopic (exact) mass is 444 g/mol. The van der Waals surface area contributed by atoms with Gasteiger partial charge in [-0.1, -0.05) is 26.8 Å². The lowest BCUT2D eigenvalue weighted by Crippen LogP contribution is -2.30. The molecule has 1 N–H and O–H groups in total. The summed E-state index contributed by atoms with van der Waals surface area (Å²) in [4.78, 5) is 24.9. The molecular weight excluding hydrogens is 416 g/mol. The minimum atomic E-state index is -3.55. The zero-order valence-electron chi connectivity index (χ0n) is 18.3. The van der Waals surface area contributed by atoms with E-state index in [9.17, 15) is 18.0 Å². The molecule has 0 heterocycles. The summed E-state index contributed by atoms with van der Waals surface area (Å²) >= 11 is 0. The van der Waals surface area contributed by atoms with Crippen LogP contribution in [-0.2, 0) is 14.8 Å². The maximum Gasteiger partial charge on any atom is 0.262 e. The van der Waals surface area contributed by atoms with Crippen molar-refractivity contribution in [3.05, 3.63) is 53.1 Å². The van der Waals surface area contributed by atoms with Crippen LogP contribution in [0.4, 0.5) is 5.69 Å². The number of hydrogen-bond donors (Lipinski definition) is 1. The third-order valence-corrected chi connectivity index (χ3v) is 7.59. The van der Waals surface area contributed by atoms with Gasteiger partial charge in [0.1, 0.15) is 5.75 Å². The predicted molar refractivity (Wildman–Crippen MR) is 119 cm³/mol. The molecule has 2 aromatic rings. The van der Waals surface area contributed by atoms with E-state index >= 15 is 0 Å². The number of amides is 1. The topological polar surface area (TPSA) is 92.8 Å². The van der Waals surface area contributed by atoms with Crippen LogP contribution < -0.4 is 10.1 Å². The third-order valence-electron chi connectivity index (χ3n) is 5.53. The van der Waals surface area contributed by atoms with Crippen molar-refractivity contribution < 1.29 is 22.7 Å². The summed E-state index contributed by atoms with van der Waals surface area (Å²) < 4.78 is 32.1. The quantitative estimate of drug-likeness (QED) is 0.670. The molecule has 1 atom stereocenters. The zero-order valence-corrected chi connectivity index (χ0v) is 19.1. The molecule has 7 nitrogen and oxygen atoms in total. The number of hydrogen-bond acceptors (Lipinski definition) is 5. The fourth-order valence-corrected chi connectivity index (χ4v) is 5.45. The van der Waals surface area contributed by atoms with Crippen molar-refractivity contribution in [1.82, 2.24) is 4.31 Å². The molecule has 3 rings (SSSR count). The molecule has 0 saturated heterocycles. The fraction of sp³-hybridized carbons (Fsp3) is 0.391. The molecule has 1 unspecified atom stereocenters. The smallest absolute Gasteiger partial charge is 0.262 e. The Hall–Kier alpha value is -2.71. The molecule has 1 aliphatic carbocycles. The summed E-state index contributed by atoms with van der Waals surface area (Å²) in [5, 5.41) is 2.69. The number of Topliss-reactive ketones (excluding diaryl/α,β-unsaturated/α-hetero) is 1. The average Bonchev–Trinajstić information content (AvgIpc) is 3.04. The Labute approximate surface area is 183 Å². The number of ether oxygens (including phenoxy) is 1. The summed E-state index contributed by atoms with van der Waals surface area (Å²) in [6.07, 6.45) is 0.450. The number of carbonyl (C=O) groups is 2. The van der Waals surface area contributed by atoms with Gasteiger partial charge in [-0.25, -0.2) is 8.42 Å². The van der Waals surface area contributed by atoms with E-state index in [-0.39, 0.29) is 23.2 Å². The molecule has 0 aromatic heterocycles. The first-order valence-electron chi connectivity index (χ1n) is 10.4. The van der Waals surface area contributed by atoms with Gasteiger partial charge in [0, 0.05) is 25.2 Å². The predicted octanol–water partition coefficient (Wildman–Crippen LogP) is 3.73. The van der Waals surface area contributed by atoms with E-state index in [4.69, 9.17) is 4.74 Å². The maximum atomic E-state index is 12.5. The SMILES string of the molecule is CCN(CC)S(=O)(=O)c1ccc(NC(=O)COc2ccc(C)c3c2C(=O)CC3C)cc1. The second-order valence-corrected chi connectivity index (χ2v) is 9.59. The van der Waals surface area contributed by atoms with Gasteiger partial charge in [-0.2, -0.15) is 4.31 Å². The highest BCUT2D eigenvalue weighted by molar-refractivity contribution is 7.89. The summed E-state index contributed by atoms with van der Waals surface area (Å²) in [5.74, 6) is 0.204. The highest BCUT2D eigenvalue weighted by atomic mass is 32.2. The minimum absolute atomic E-state index is 0.0339. The number of nitrogens with one attached hydrogen (secondary N) is 1. The number of nitrogens with zero attached hydrogens (tertiary/aromatic N) is 1. The number of carbonyl (C=O) groups excluding carboxylic acids is 2. The van der Waals surface area contributed by atoms with Crippen LogP contribution in [0.25, 0.3) is 0 Å². The van der Waals surface area contributed by atoms with Gasteiger partial charge in [-0.3, -0.25) is 9.59 Å². The molecule has 166 valence electrons. The molecule has 31 heavy (non-hydrogen) atoms. The van der Waals surface area contributed by atoms with Gasteiger partial charge in [0.05, 0.1) is 10.5 Å². The number of aryl methyl sites for hydroxylation is 1. The number of benzene rings is 2. The Bertz CT molecular complexity index is 1090. The Kier molecular flexibility index (Phi) is 6.81. The van der Waals surface area contributed by atoms with Crippen molar-refractivity contribution in [1.29, 1.82) is 0 Å². The first-order valence-corrected chi connectivity index (χ1v) is 11.8. The maximum absolute atomic E-state index is 12.5. The van der Waals surface area contributed by atoms with Crippen LogP contribution in [0, 0.1) is 6.92 Å². The van der Waals surface area contributed by atoms with Gasteiger partial charge in [-0.15, -0.1) is 0 Å². The van der Waals surface area contributed by atoms with Crippen molar-refractivity contribution in [2.24, 2.45) is 0 Å². The van der Waals surface area contributed by atoms with Crippen molar-refractivity contribution in [2.45, 2.75) is 44.9 Å². The lowest BCUT2D eigenvalue weighted by atomic mass is 9.97. The van der Waals surface area contributed by atoms with Crippen molar-refractivity contribution in [2.75, 3.05) is 25.0 Å². The molecule has 0 aliphatic heterocycles. The number of sulfonamides is 1. The third kappa shape index (κ3) is 4.65. The summed E-state index contributed by atoms with van der Waals surface area (Å²) in [6, 6.07) is 9.65. The highest BCUT2D eigenvalue weighted by Gasteiger charge is 2.31. The van der Waals surface area contributed by atoms with Crippen LogP contribution in [0.5, 0.6) is 5.75 Å². The number of ketones is 1. The molecule has 0 bridgehead atoms. The Morgan fingerprint density at radius 3 is 2.39 bits per heavy atom. The second kappa shape index (κ2) is 9.20. The summed E-state index contributed by atoms with van der Waals surface area (Å²) in [6.45, 7) is 8.07. The van der Waals surface area contributed by atoms with Gasteiger partial charge in [-0.05, 0) is 54.3 Å². The van der Waals surface area contributed by atoms with E-state index in [1.165, 1.54) is 16.4 Å². The minimum Gasteiger partial charge on any atom is -0.483 e.